The van der Waals surface area contributed by atoms with E-state index < -0.39 is 0 Å². The Bertz CT molecular complexity index is 727. The van der Waals surface area contributed by atoms with Crippen molar-refractivity contribution in [3.05, 3.63) is 71.0 Å². The van der Waals surface area contributed by atoms with E-state index in [-0.39, 0.29) is 11.9 Å². The quantitative estimate of drug-likeness (QED) is 0.145. The maximum atomic E-state index is 11.4. The molecule has 1 rings (SSSR count). The summed E-state index contributed by atoms with van der Waals surface area (Å²) in [6.45, 7) is 11.2. The predicted molar refractivity (Wildman–Crippen MR) is 125 cm³/mol. The second kappa shape index (κ2) is 16.6. The molecule has 0 aliphatic carbocycles. The molecule has 1 aromatic rings. The summed E-state index contributed by atoms with van der Waals surface area (Å²) < 4.78 is 6.02. The fourth-order valence-electron chi connectivity index (χ4n) is 1.94. The van der Waals surface area contributed by atoms with E-state index in [0.29, 0.717) is 16.4 Å². The van der Waals surface area contributed by atoms with Crippen LogP contribution in [-0.2, 0) is 9.53 Å². The number of thioether (sulfide) groups is 1. The van der Waals surface area contributed by atoms with Crippen LogP contribution < -0.4 is 0 Å². The number of carbonyl (C=O) groups is 1. The van der Waals surface area contributed by atoms with Crippen LogP contribution in [0.25, 0.3) is 0 Å². The van der Waals surface area contributed by atoms with Crippen molar-refractivity contribution in [1.29, 1.82) is 5.41 Å². The molecule has 0 heterocycles. The normalized spacial score (nSPS) is 12.2. The number of aryl methyl sites for hydroxylation is 1. The Morgan fingerprint density at radius 1 is 1.21 bits per heavy atom. The highest BCUT2D eigenvalue weighted by atomic mass is 32.2. The van der Waals surface area contributed by atoms with Gasteiger partial charge in [-0.15, -0.1) is 24.6 Å². The Balaban J connectivity index is 0. The summed E-state index contributed by atoms with van der Waals surface area (Å²) in [6, 6.07) is 8.16. The Labute approximate surface area is 175 Å². The lowest BCUT2D eigenvalue weighted by Gasteiger charge is -2.18. The highest BCUT2D eigenvalue weighted by Crippen LogP contribution is 2.24. The standard InChI is InChI=1S/C19H24O2.C3H7NS.C2H2/c1-6-7-11-18(13-15(3)16(4)20)21-17(5)19-12-9-8-10-14(19)2;1-3(4)5-2;1-2/h6-13,17H,1-5H3;4H,1-2H3;1-2H/b7-6?,15-13+,18-11-;;. The van der Waals surface area contributed by atoms with Crippen molar-refractivity contribution in [2.45, 2.75) is 47.6 Å². The second-order valence-corrected chi connectivity index (χ2v) is 6.88. The van der Waals surface area contributed by atoms with Gasteiger partial charge in [0.05, 0.1) is 5.04 Å². The van der Waals surface area contributed by atoms with E-state index in [1.54, 1.807) is 26.8 Å². The molecule has 0 aromatic heterocycles. The molecule has 152 valence electrons. The molecule has 0 fully saturated rings. The topological polar surface area (TPSA) is 50.2 Å². The Morgan fingerprint density at radius 3 is 2.18 bits per heavy atom. The third-order valence-electron chi connectivity index (χ3n) is 3.61. The van der Waals surface area contributed by atoms with Crippen molar-refractivity contribution in [2.24, 2.45) is 0 Å². The molecule has 0 saturated heterocycles. The van der Waals surface area contributed by atoms with Gasteiger partial charge >= 0.3 is 0 Å². The van der Waals surface area contributed by atoms with Gasteiger partial charge in [-0.2, -0.15) is 0 Å². The van der Waals surface area contributed by atoms with E-state index >= 15 is 0 Å². The van der Waals surface area contributed by atoms with Gasteiger partial charge in [0.25, 0.3) is 0 Å². The molecule has 0 saturated carbocycles. The van der Waals surface area contributed by atoms with Crippen LogP contribution in [0.3, 0.4) is 0 Å². The van der Waals surface area contributed by atoms with Crippen LogP contribution in [0.5, 0.6) is 0 Å². The zero-order valence-corrected chi connectivity index (χ0v) is 18.9. The molecule has 1 unspecified atom stereocenters. The van der Waals surface area contributed by atoms with Crippen LogP contribution in [0, 0.1) is 25.2 Å². The average molecular weight is 400 g/mol. The molecule has 1 aromatic carbocycles. The minimum absolute atomic E-state index is 0.0496. The first-order valence-electron chi connectivity index (χ1n) is 8.89. The number of allylic oxidation sites excluding steroid dienone is 5. The number of terminal acetylenes is 1. The Kier molecular flexibility index (Phi) is 16.5. The third-order valence-corrected chi connectivity index (χ3v) is 4.22. The Hall–Kier alpha value is -2.51. The number of carbonyl (C=O) groups excluding carboxylic acids is 1. The first-order chi connectivity index (χ1) is 13.2. The van der Waals surface area contributed by atoms with E-state index in [2.05, 4.69) is 31.9 Å². The highest BCUT2D eigenvalue weighted by molar-refractivity contribution is 8.13. The fourth-order valence-corrected chi connectivity index (χ4v) is 1.94. The predicted octanol–water partition coefficient (Wildman–Crippen LogP) is 6.66. The molecular formula is C24H33NO2S. The first kappa shape index (κ1) is 27.7. The molecule has 0 amide bonds. The minimum atomic E-state index is -0.0706. The van der Waals surface area contributed by atoms with Crippen molar-refractivity contribution < 1.29 is 9.53 Å². The molecule has 1 atom stereocenters. The molecule has 4 heteroatoms. The molecule has 0 aliphatic heterocycles. The van der Waals surface area contributed by atoms with Crippen LogP contribution in [0.1, 0.15) is 51.8 Å². The highest BCUT2D eigenvalue weighted by Gasteiger charge is 2.10. The number of ketones is 1. The molecule has 0 bridgehead atoms. The van der Waals surface area contributed by atoms with Gasteiger partial charge in [0.1, 0.15) is 11.9 Å². The number of ether oxygens (including phenoxy) is 1. The second-order valence-electron chi connectivity index (χ2n) is 5.86. The van der Waals surface area contributed by atoms with Gasteiger partial charge < -0.3 is 4.74 Å². The molecule has 0 radical (unpaired) electrons. The van der Waals surface area contributed by atoms with Gasteiger partial charge in [0.15, 0.2) is 5.78 Å². The summed E-state index contributed by atoms with van der Waals surface area (Å²) in [5, 5.41) is 7.38. The third kappa shape index (κ3) is 12.8. The summed E-state index contributed by atoms with van der Waals surface area (Å²) in [7, 11) is 0. The lowest BCUT2D eigenvalue weighted by Crippen LogP contribution is -2.02. The van der Waals surface area contributed by atoms with Gasteiger partial charge in [-0.3, -0.25) is 10.2 Å². The van der Waals surface area contributed by atoms with Gasteiger partial charge in [-0.25, -0.2) is 0 Å². The van der Waals surface area contributed by atoms with Gasteiger partial charge in [0.2, 0.25) is 0 Å². The minimum Gasteiger partial charge on any atom is -0.486 e. The number of nitrogens with one attached hydrogen (secondary N) is 1. The van der Waals surface area contributed by atoms with Crippen molar-refractivity contribution >= 4 is 22.6 Å². The number of rotatable bonds is 6. The van der Waals surface area contributed by atoms with E-state index in [1.165, 1.54) is 17.3 Å². The smallest absolute Gasteiger partial charge is 0.155 e. The molecule has 3 nitrogen and oxygen atoms in total. The first-order valence-corrected chi connectivity index (χ1v) is 10.1. The largest absolute Gasteiger partial charge is 0.486 e. The SMILES string of the molecule is C#C.CC=C/C=C(/C=C(\C)C(C)=O)OC(C)c1ccccc1C.CSC(C)=N. The zero-order valence-electron chi connectivity index (χ0n) is 18.1. The van der Waals surface area contributed by atoms with E-state index in [1.807, 2.05) is 50.5 Å². The van der Waals surface area contributed by atoms with Crippen LogP contribution in [-0.4, -0.2) is 17.1 Å². The monoisotopic (exact) mass is 399 g/mol. The summed E-state index contributed by atoms with van der Waals surface area (Å²) in [6.07, 6.45) is 17.3. The van der Waals surface area contributed by atoms with E-state index in [0.717, 1.165) is 5.56 Å². The Morgan fingerprint density at radius 2 is 1.75 bits per heavy atom. The average Bonchev–Trinajstić information content (AvgIpc) is 2.68. The number of benzene rings is 1. The maximum Gasteiger partial charge on any atom is 0.155 e. The molecule has 28 heavy (non-hydrogen) atoms. The van der Waals surface area contributed by atoms with Crippen LogP contribution >= 0.6 is 11.8 Å². The summed E-state index contributed by atoms with van der Waals surface area (Å²) in [4.78, 5) is 11.4. The van der Waals surface area contributed by atoms with Crippen molar-refractivity contribution in [2.75, 3.05) is 6.26 Å². The lowest BCUT2D eigenvalue weighted by atomic mass is 10.0. The lowest BCUT2D eigenvalue weighted by molar-refractivity contribution is -0.113. The summed E-state index contributed by atoms with van der Waals surface area (Å²) in [5.41, 5.74) is 3.03. The number of hydrogen-bond donors (Lipinski definition) is 1. The van der Waals surface area contributed by atoms with Crippen molar-refractivity contribution in [3.63, 3.8) is 0 Å². The number of Topliss-reactive ketones (excluding diaryl/α,β-unsaturated/α-hetero) is 1. The van der Waals surface area contributed by atoms with Crippen molar-refractivity contribution in [1.82, 2.24) is 0 Å². The van der Waals surface area contributed by atoms with E-state index in [4.69, 9.17) is 10.1 Å². The van der Waals surface area contributed by atoms with Crippen LogP contribution in [0.4, 0.5) is 0 Å². The van der Waals surface area contributed by atoms with E-state index in [9.17, 15) is 4.79 Å². The zero-order chi connectivity index (χ0) is 22.1. The fraction of sp³-hybridized carbons (Fsp3) is 0.333. The number of hydrogen-bond acceptors (Lipinski definition) is 4. The van der Waals surface area contributed by atoms with Crippen LogP contribution in [0.15, 0.2) is 59.9 Å². The summed E-state index contributed by atoms with van der Waals surface area (Å²) in [5.74, 6) is 0.741. The van der Waals surface area contributed by atoms with Gasteiger partial charge in [0, 0.05) is 0 Å². The molecule has 1 N–H and O–H groups in total. The molecule has 0 aliphatic rings. The summed E-state index contributed by atoms with van der Waals surface area (Å²) >= 11 is 1.46. The van der Waals surface area contributed by atoms with Gasteiger partial charge in [-0.05, 0) is 76.7 Å². The molecular weight excluding hydrogens is 366 g/mol. The maximum absolute atomic E-state index is 11.4. The molecule has 0 spiro atoms. The van der Waals surface area contributed by atoms with Gasteiger partial charge in [-0.1, -0.05) is 36.4 Å². The van der Waals surface area contributed by atoms with Crippen molar-refractivity contribution in [3.8, 4) is 12.8 Å². The van der Waals surface area contributed by atoms with Crippen LogP contribution in [0.2, 0.25) is 0 Å².